The maximum absolute atomic E-state index is 12.2. The van der Waals surface area contributed by atoms with Gasteiger partial charge in [0.1, 0.15) is 12.3 Å². The summed E-state index contributed by atoms with van der Waals surface area (Å²) in [6.07, 6.45) is 9.07. The number of pyridine rings is 1. The van der Waals surface area contributed by atoms with Gasteiger partial charge in [0, 0.05) is 29.8 Å². The predicted molar refractivity (Wildman–Crippen MR) is 113 cm³/mol. The quantitative estimate of drug-likeness (QED) is 0.644. The van der Waals surface area contributed by atoms with Crippen LogP contribution in [0.15, 0.2) is 43.0 Å². The smallest absolute Gasteiger partial charge is 0.373 e. The number of nitrogens with zero attached hydrogens (tertiary/aromatic N) is 3. The Morgan fingerprint density at radius 3 is 2.71 bits per heavy atom. The SMILES string of the molecule is Cc1cc(N)c2c(OC3CCC(NC(=O)Cn4ccnc4)CC3)cccc2n1.O=C=O. The van der Waals surface area contributed by atoms with Gasteiger partial charge in [-0.2, -0.15) is 9.59 Å². The highest BCUT2D eigenvalue weighted by Gasteiger charge is 2.24. The molecule has 0 atom stereocenters. The number of rotatable bonds is 5. The Labute approximate surface area is 179 Å². The van der Waals surface area contributed by atoms with Crippen molar-refractivity contribution >= 4 is 28.6 Å². The van der Waals surface area contributed by atoms with E-state index in [1.807, 2.05) is 31.2 Å². The van der Waals surface area contributed by atoms with Gasteiger partial charge in [-0.25, -0.2) is 4.98 Å². The zero-order valence-corrected chi connectivity index (χ0v) is 17.3. The van der Waals surface area contributed by atoms with Crippen LogP contribution in [0.5, 0.6) is 5.75 Å². The number of aromatic nitrogens is 3. The number of carbonyl (C=O) groups is 1. The molecule has 162 valence electrons. The number of nitrogen functional groups attached to an aromatic ring is 1. The van der Waals surface area contributed by atoms with Gasteiger partial charge in [0.15, 0.2) is 0 Å². The molecule has 31 heavy (non-hydrogen) atoms. The Morgan fingerprint density at radius 2 is 2.03 bits per heavy atom. The number of benzene rings is 1. The minimum Gasteiger partial charge on any atom is -0.490 e. The van der Waals surface area contributed by atoms with Crippen molar-refractivity contribution in [1.29, 1.82) is 0 Å². The molecule has 1 amide bonds. The highest BCUT2D eigenvalue weighted by atomic mass is 16.5. The summed E-state index contributed by atoms with van der Waals surface area (Å²) in [6.45, 7) is 2.24. The molecule has 1 saturated carbocycles. The number of imidazole rings is 1. The Morgan fingerprint density at radius 1 is 1.29 bits per heavy atom. The maximum atomic E-state index is 12.2. The van der Waals surface area contributed by atoms with E-state index in [2.05, 4.69) is 15.3 Å². The lowest BCUT2D eigenvalue weighted by atomic mass is 9.93. The fourth-order valence-corrected chi connectivity index (χ4v) is 3.84. The molecule has 4 rings (SSSR count). The van der Waals surface area contributed by atoms with Crippen molar-refractivity contribution in [2.24, 2.45) is 0 Å². The normalized spacial score (nSPS) is 17.8. The molecule has 0 radical (unpaired) electrons. The number of fused-ring (bicyclic) bond motifs is 1. The summed E-state index contributed by atoms with van der Waals surface area (Å²) in [7, 11) is 0. The number of hydrogen-bond acceptors (Lipinski definition) is 7. The van der Waals surface area contributed by atoms with Crippen LogP contribution in [-0.4, -0.2) is 38.7 Å². The van der Waals surface area contributed by atoms with Crippen LogP contribution in [0.1, 0.15) is 31.4 Å². The number of ether oxygens (including phenoxy) is 1. The van der Waals surface area contributed by atoms with Gasteiger partial charge in [-0.05, 0) is 50.8 Å². The first-order valence-corrected chi connectivity index (χ1v) is 10.1. The molecule has 0 saturated heterocycles. The van der Waals surface area contributed by atoms with Gasteiger partial charge >= 0.3 is 6.15 Å². The first-order valence-electron chi connectivity index (χ1n) is 10.1. The van der Waals surface area contributed by atoms with Crippen LogP contribution < -0.4 is 15.8 Å². The molecule has 9 heteroatoms. The van der Waals surface area contributed by atoms with Crippen molar-refractivity contribution in [3.05, 3.63) is 48.7 Å². The largest absolute Gasteiger partial charge is 0.490 e. The van der Waals surface area contributed by atoms with Gasteiger partial charge in [-0.3, -0.25) is 9.78 Å². The summed E-state index contributed by atoms with van der Waals surface area (Å²) >= 11 is 0. The third-order valence-corrected chi connectivity index (χ3v) is 5.17. The van der Waals surface area contributed by atoms with Crippen LogP contribution >= 0.6 is 0 Å². The zero-order chi connectivity index (χ0) is 22.2. The minimum absolute atomic E-state index is 0.0191. The molecule has 2 heterocycles. The summed E-state index contributed by atoms with van der Waals surface area (Å²) in [5, 5.41) is 3.99. The fraction of sp³-hybridized carbons (Fsp3) is 0.364. The molecule has 0 unspecified atom stereocenters. The number of nitrogens with two attached hydrogens (primary N) is 1. The van der Waals surface area contributed by atoms with Gasteiger partial charge in [-0.15, -0.1) is 0 Å². The lowest BCUT2D eigenvalue weighted by Crippen LogP contribution is -2.41. The van der Waals surface area contributed by atoms with Gasteiger partial charge in [0.2, 0.25) is 5.91 Å². The first kappa shape index (κ1) is 22.0. The molecule has 1 aliphatic rings. The third-order valence-electron chi connectivity index (χ3n) is 5.17. The van der Waals surface area contributed by atoms with Crippen LogP contribution in [0.25, 0.3) is 10.9 Å². The topological polar surface area (TPSA) is 129 Å². The Bertz CT molecular complexity index is 1050. The Kier molecular flexibility index (Phi) is 7.35. The number of carbonyl (C=O) groups excluding carboxylic acids is 3. The van der Waals surface area contributed by atoms with E-state index in [-0.39, 0.29) is 24.2 Å². The molecule has 3 aromatic rings. The Balaban J connectivity index is 0.000000858. The molecular weight excluding hydrogens is 398 g/mol. The zero-order valence-electron chi connectivity index (χ0n) is 17.3. The number of hydrogen-bond donors (Lipinski definition) is 2. The standard InChI is InChI=1S/C21H25N5O2.CO2/c1-14-11-17(22)21-18(24-14)3-2-4-19(21)28-16-7-5-15(6-8-16)25-20(27)12-26-10-9-23-13-26;2-1-3/h2-4,9-11,13,15-16H,5-8,12H2,1H3,(H2,22,24)(H,25,27);. The van der Waals surface area contributed by atoms with Crippen molar-refractivity contribution in [3.63, 3.8) is 0 Å². The summed E-state index contributed by atoms with van der Waals surface area (Å²) in [6, 6.07) is 7.93. The molecule has 1 aromatic carbocycles. The minimum atomic E-state index is 0.0191. The van der Waals surface area contributed by atoms with Gasteiger partial charge in [-0.1, -0.05) is 6.07 Å². The molecule has 9 nitrogen and oxygen atoms in total. The van der Waals surface area contributed by atoms with Gasteiger partial charge in [0.05, 0.1) is 23.3 Å². The van der Waals surface area contributed by atoms with E-state index in [1.165, 1.54) is 0 Å². The molecule has 0 aliphatic heterocycles. The van der Waals surface area contributed by atoms with E-state index >= 15 is 0 Å². The van der Waals surface area contributed by atoms with Crippen molar-refractivity contribution in [1.82, 2.24) is 19.9 Å². The van der Waals surface area contributed by atoms with Crippen LogP contribution in [-0.2, 0) is 20.9 Å². The number of amides is 1. The highest BCUT2D eigenvalue weighted by Crippen LogP contribution is 2.33. The average molecular weight is 423 g/mol. The monoisotopic (exact) mass is 423 g/mol. The lowest BCUT2D eigenvalue weighted by molar-refractivity contribution is -0.191. The van der Waals surface area contributed by atoms with Gasteiger partial charge in [0.25, 0.3) is 0 Å². The van der Waals surface area contributed by atoms with E-state index in [0.717, 1.165) is 48.0 Å². The second-order valence-corrected chi connectivity index (χ2v) is 7.48. The maximum Gasteiger partial charge on any atom is 0.373 e. The Hall–Kier alpha value is -3.71. The van der Waals surface area contributed by atoms with E-state index in [9.17, 15) is 4.79 Å². The second kappa shape index (κ2) is 10.4. The molecular formula is C22H25N5O4. The second-order valence-electron chi connectivity index (χ2n) is 7.48. The molecule has 1 fully saturated rings. The van der Waals surface area contributed by atoms with E-state index < -0.39 is 0 Å². The molecule has 0 bridgehead atoms. The summed E-state index contributed by atoms with van der Waals surface area (Å²) in [4.78, 5) is 36.9. The molecule has 2 aromatic heterocycles. The van der Waals surface area contributed by atoms with E-state index in [0.29, 0.717) is 12.2 Å². The number of anilines is 1. The predicted octanol–water partition coefficient (Wildman–Crippen LogP) is 2.24. The highest BCUT2D eigenvalue weighted by molar-refractivity contribution is 5.95. The summed E-state index contributed by atoms with van der Waals surface area (Å²) < 4.78 is 8.05. The first-order chi connectivity index (χ1) is 15.0. The summed E-state index contributed by atoms with van der Waals surface area (Å²) in [5.74, 6) is 0.806. The third kappa shape index (κ3) is 5.90. The van der Waals surface area contributed by atoms with Crippen LogP contribution in [0, 0.1) is 6.92 Å². The molecule has 0 spiro atoms. The van der Waals surface area contributed by atoms with Crippen LogP contribution in [0.2, 0.25) is 0 Å². The van der Waals surface area contributed by atoms with Gasteiger partial charge < -0.3 is 20.4 Å². The number of aryl methyl sites for hydroxylation is 1. The van der Waals surface area contributed by atoms with Crippen LogP contribution in [0.3, 0.4) is 0 Å². The lowest BCUT2D eigenvalue weighted by Gasteiger charge is -2.30. The van der Waals surface area contributed by atoms with Crippen molar-refractivity contribution < 1.29 is 19.1 Å². The molecule has 3 N–H and O–H groups in total. The van der Waals surface area contributed by atoms with Crippen LogP contribution in [0.4, 0.5) is 5.69 Å². The van der Waals surface area contributed by atoms with Crippen molar-refractivity contribution in [2.45, 2.75) is 51.3 Å². The average Bonchev–Trinajstić information content (AvgIpc) is 3.22. The molecule has 1 aliphatic carbocycles. The fourth-order valence-electron chi connectivity index (χ4n) is 3.84. The van der Waals surface area contributed by atoms with Crippen molar-refractivity contribution in [3.8, 4) is 5.75 Å². The summed E-state index contributed by atoms with van der Waals surface area (Å²) in [5.41, 5.74) is 8.67. The number of nitrogens with one attached hydrogen (secondary N) is 1. The van der Waals surface area contributed by atoms with Crippen molar-refractivity contribution in [2.75, 3.05) is 5.73 Å². The van der Waals surface area contributed by atoms with E-state index in [4.69, 9.17) is 20.1 Å². The van der Waals surface area contributed by atoms with E-state index in [1.54, 1.807) is 23.3 Å².